The van der Waals surface area contributed by atoms with Gasteiger partial charge in [-0.15, -0.1) is 12.6 Å². The maximum absolute atomic E-state index is 11.0. The highest BCUT2D eigenvalue weighted by atomic mass is 32.1. The van der Waals surface area contributed by atoms with Gasteiger partial charge in [0.15, 0.2) is 0 Å². The highest BCUT2D eigenvalue weighted by Gasteiger charge is 2.06. The summed E-state index contributed by atoms with van der Waals surface area (Å²) in [4.78, 5) is 11.9. The first-order valence-corrected chi connectivity index (χ1v) is 4.89. The van der Waals surface area contributed by atoms with Crippen LogP contribution in [0.1, 0.15) is 25.0 Å². The van der Waals surface area contributed by atoms with E-state index in [4.69, 9.17) is 0 Å². The molecule has 70 valence electrons. The molecule has 0 radical (unpaired) electrons. The van der Waals surface area contributed by atoms with Crippen LogP contribution in [0.3, 0.4) is 0 Å². The Hall–Kier alpha value is -0.760. The molecule has 13 heavy (non-hydrogen) atoms. The first kappa shape index (κ1) is 10.3. The van der Waals surface area contributed by atoms with Gasteiger partial charge in [0.25, 0.3) is 0 Å². The lowest BCUT2D eigenvalue weighted by molar-refractivity contribution is -0.116. The summed E-state index contributed by atoms with van der Waals surface area (Å²) in [7, 11) is 0. The topological polar surface area (TPSA) is 17.1 Å². The number of hydrogen-bond donors (Lipinski definition) is 1. The molecule has 0 unspecified atom stereocenters. The molecule has 0 aliphatic heterocycles. The zero-order valence-corrected chi connectivity index (χ0v) is 8.90. The Kier molecular flexibility index (Phi) is 3.55. The van der Waals surface area contributed by atoms with Crippen LogP contribution in [0.15, 0.2) is 23.1 Å². The van der Waals surface area contributed by atoms with Gasteiger partial charge in [0.2, 0.25) is 0 Å². The van der Waals surface area contributed by atoms with Crippen molar-refractivity contribution in [1.82, 2.24) is 0 Å². The number of carbonyl (C=O) groups excluding carboxylic acids is 1. The normalized spacial score (nSPS) is 10.1. The number of thiol groups is 1. The van der Waals surface area contributed by atoms with Gasteiger partial charge in [-0.2, -0.15) is 0 Å². The van der Waals surface area contributed by atoms with Crippen molar-refractivity contribution in [3.8, 4) is 0 Å². The van der Waals surface area contributed by atoms with Crippen molar-refractivity contribution in [3.63, 3.8) is 0 Å². The standard InChI is InChI=1S/C11H14OS/c1-3-9-5-4-6-11(13)10(9)7-8(2)12/h4-6,13H,3,7H2,1-2H3. The van der Waals surface area contributed by atoms with Crippen molar-refractivity contribution in [2.75, 3.05) is 0 Å². The van der Waals surface area contributed by atoms with E-state index in [1.54, 1.807) is 6.92 Å². The summed E-state index contributed by atoms with van der Waals surface area (Å²) in [6, 6.07) is 5.96. The second kappa shape index (κ2) is 4.47. The Labute approximate surface area is 84.6 Å². The summed E-state index contributed by atoms with van der Waals surface area (Å²) in [5, 5.41) is 0. The number of Topliss-reactive ketones (excluding diaryl/α,β-unsaturated/α-hetero) is 1. The Morgan fingerprint density at radius 3 is 2.69 bits per heavy atom. The molecule has 1 rings (SSSR count). The van der Waals surface area contributed by atoms with E-state index in [9.17, 15) is 4.79 Å². The van der Waals surface area contributed by atoms with Gasteiger partial charge in [0.1, 0.15) is 5.78 Å². The van der Waals surface area contributed by atoms with Gasteiger partial charge in [0.05, 0.1) is 0 Å². The summed E-state index contributed by atoms with van der Waals surface area (Å²) >= 11 is 4.34. The van der Waals surface area contributed by atoms with Crippen LogP contribution in [0, 0.1) is 0 Å². The first-order chi connectivity index (χ1) is 6.15. The van der Waals surface area contributed by atoms with Crippen molar-refractivity contribution in [2.45, 2.75) is 31.6 Å². The van der Waals surface area contributed by atoms with Gasteiger partial charge in [-0.05, 0) is 30.5 Å². The van der Waals surface area contributed by atoms with Crippen molar-refractivity contribution in [2.24, 2.45) is 0 Å². The Bertz CT molecular complexity index is 318. The lowest BCUT2D eigenvalue weighted by Crippen LogP contribution is -2.01. The average molecular weight is 194 g/mol. The van der Waals surface area contributed by atoms with E-state index in [0.29, 0.717) is 6.42 Å². The minimum absolute atomic E-state index is 0.191. The van der Waals surface area contributed by atoms with Crippen LogP contribution in [0.2, 0.25) is 0 Å². The molecule has 0 N–H and O–H groups in total. The third-order valence-electron chi connectivity index (χ3n) is 2.05. The van der Waals surface area contributed by atoms with Gasteiger partial charge in [-0.1, -0.05) is 19.1 Å². The average Bonchev–Trinajstić information content (AvgIpc) is 2.08. The largest absolute Gasteiger partial charge is 0.300 e. The lowest BCUT2D eigenvalue weighted by atomic mass is 10.0. The second-order valence-corrected chi connectivity index (χ2v) is 3.63. The van der Waals surface area contributed by atoms with Crippen LogP contribution in [0.4, 0.5) is 0 Å². The summed E-state index contributed by atoms with van der Waals surface area (Å²) in [6.07, 6.45) is 1.46. The van der Waals surface area contributed by atoms with Gasteiger partial charge in [-0.25, -0.2) is 0 Å². The molecular weight excluding hydrogens is 180 g/mol. The van der Waals surface area contributed by atoms with Crippen molar-refractivity contribution < 1.29 is 4.79 Å². The maximum atomic E-state index is 11.0. The highest BCUT2D eigenvalue weighted by Crippen LogP contribution is 2.19. The summed E-state index contributed by atoms with van der Waals surface area (Å²) in [5.41, 5.74) is 2.31. The number of aryl methyl sites for hydroxylation is 1. The molecule has 0 aromatic heterocycles. The fourth-order valence-corrected chi connectivity index (χ4v) is 1.71. The molecule has 1 aromatic rings. The monoisotopic (exact) mass is 194 g/mol. The fourth-order valence-electron chi connectivity index (χ4n) is 1.41. The van der Waals surface area contributed by atoms with E-state index in [1.165, 1.54) is 5.56 Å². The molecule has 0 aliphatic rings. The van der Waals surface area contributed by atoms with Crippen LogP contribution in [0.5, 0.6) is 0 Å². The van der Waals surface area contributed by atoms with Gasteiger partial charge in [-0.3, -0.25) is 4.79 Å². The SMILES string of the molecule is CCc1cccc(S)c1CC(C)=O. The maximum Gasteiger partial charge on any atom is 0.134 e. The minimum Gasteiger partial charge on any atom is -0.300 e. The third kappa shape index (κ3) is 2.59. The zero-order valence-electron chi connectivity index (χ0n) is 8.00. The quantitative estimate of drug-likeness (QED) is 0.732. The van der Waals surface area contributed by atoms with Crippen LogP contribution in [-0.4, -0.2) is 5.78 Å². The fraction of sp³-hybridized carbons (Fsp3) is 0.364. The number of ketones is 1. The number of hydrogen-bond acceptors (Lipinski definition) is 2. The molecule has 0 spiro atoms. The van der Waals surface area contributed by atoms with E-state index in [0.717, 1.165) is 16.9 Å². The number of rotatable bonds is 3. The number of benzene rings is 1. The predicted molar refractivity (Wildman–Crippen MR) is 57.5 cm³/mol. The van der Waals surface area contributed by atoms with Crippen LogP contribution in [0.25, 0.3) is 0 Å². The molecular formula is C11H14OS. The van der Waals surface area contributed by atoms with Crippen LogP contribution in [-0.2, 0) is 17.6 Å². The Morgan fingerprint density at radius 2 is 2.15 bits per heavy atom. The molecule has 1 aromatic carbocycles. The smallest absolute Gasteiger partial charge is 0.134 e. The molecule has 0 fully saturated rings. The molecule has 0 aliphatic carbocycles. The lowest BCUT2D eigenvalue weighted by Gasteiger charge is -2.08. The molecule has 2 heteroatoms. The molecule has 0 heterocycles. The summed E-state index contributed by atoms with van der Waals surface area (Å²) < 4.78 is 0. The van der Waals surface area contributed by atoms with Gasteiger partial charge < -0.3 is 0 Å². The molecule has 0 saturated carbocycles. The van der Waals surface area contributed by atoms with Crippen LogP contribution < -0.4 is 0 Å². The predicted octanol–water partition coefficient (Wildman–Crippen LogP) is 2.67. The highest BCUT2D eigenvalue weighted by molar-refractivity contribution is 7.80. The Balaban J connectivity index is 3.07. The molecule has 0 atom stereocenters. The van der Waals surface area contributed by atoms with Gasteiger partial charge >= 0.3 is 0 Å². The van der Waals surface area contributed by atoms with Crippen molar-refractivity contribution >= 4 is 18.4 Å². The van der Waals surface area contributed by atoms with Gasteiger partial charge in [0, 0.05) is 11.3 Å². The van der Waals surface area contributed by atoms with E-state index in [2.05, 4.69) is 25.6 Å². The van der Waals surface area contributed by atoms with Crippen molar-refractivity contribution in [1.29, 1.82) is 0 Å². The number of carbonyl (C=O) groups is 1. The summed E-state index contributed by atoms with van der Waals surface area (Å²) in [6.45, 7) is 3.70. The molecule has 0 saturated heterocycles. The third-order valence-corrected chi connectivity index (χ3v) is 2.47. The molecule has 0 bridgehead atoms. The molecule has 0 amide bonds. The van der Waals surface area contributed by atoms with Crippen LogP contribution >= 0.6 is 12.6 Å². The van der Waals surface area contributed by atoms with E-state index >= 15 is 0 Å². The summed E-state index contributed by atoms with van der Waals surface area (Å²) in [5.74, 6) is 0.191. The van der Waals surface area contributed by atoms with E-state index < -0.39 is 0 Å². The first-order valence-electron chi connectivity index (χ1n) is 4.44. The van der Waals surface area contributed by atoms with E-state index in [-0.39, 0.29) is 5.78 Å². The van der Waals surface area contributed by atoms with Crippen molar-refractivity contribution in [3.05, 3.63) is 29.3 Å². The zero-order chi connectivity index (χ0) is 9.84. The second-order valence-electron chi connectivity index (χ2n) is 3.15. The van der Waals surface area contributed by atoms with E-state index in [1.807, 2.05) is 12.1 Å². The molecule has 1 nitrogen and oxygen atoms in total. The minimum atomic E-state index is 0.191. The Morgan fingerprint density at radius 1 is 1.46 bits per heavy atom.